The van der Waals surface area contributed by atoms with Crippen LogP contribution in [-0.2, 0) is 6.54 Å². The minimum atomic E-state index is 0.702. The Bertz CT molecular complexity index is 471. The molecule has 0 amide bonds. The van der Waals surface area contributed by atoms with Crippen LogP contribution in [0.5, 0.6) is 5.75 Å². The molecule has 3 rings (SSSR count). The summed E-state index contributed by atoms with van der Waals surface area (Å²) in [6.07, 6.45) is 4.05. The molecule has 0 spiro atoms. The molecule has 116 valence electrons. The monoisotopic (exact) mass is 289 g/mol. The van der Waals surface area contributed by atoms with E-state index in [4.69, 9.17) is 10.5 Å². The van der Waals surface area contributed by atoms with Crippen LogP contribution in [0, 0.1) is 0 Å². The number of ether oxygens (including phenoxy) is 1. The van der Waals surface area contributed by atoms with Crippen LogP contribution in [0.1, 0.15) is 31.7 Å². The van der Waals surface area contributed by atoms with Crippen molar-refractivity contribution >= 4 is 5.69 Å². The fourth-order valence-corrected chi connectivity index (χ4v) is 3.62. The van der Waals surface area contributed by atoms with E-state index in [2.05, 4.69) is 15.9 Å². The highest BCUT2D eigenvalue weighted by Gasteiger charge is 2.29. The number of anilines is 1. The summed E-state index contributed by atoms with van der Waals surface area (Å²) in [7, 11) is 0. The van der Waals surface area contributed by atoms with E-state index in [1.165, 1.54) is 51.0 Å². The van der Waals surface area contributed by atoms with Gasteiger partial charge in [-0.2, -0.15) is 0 Å². The lowest BCUT2D eigenvalue weighted by Crippen LogP contribution is -2.35. The first-order chi connectivity index (χ1) is 10.3. The Morgan fingerprint density at radius 1 is 1.24 bits per heavy atom. The molecule has 0 radical (unpaired) electrons. The third-order valence-corrected chi connectivity index (χ3v) is 4.68. The fraction of sp³-hybridized carbons (Fsp3) is 0.647. The molecule has 0 bridgehead atoms. The minimum Gasteiger partial charge on any atom is -0.494 e. The van der Waals surface area contributed by atoms with Gasteiger partial charge in [0.05, 0.1) is 6.61 Å². The van der Waals surface area contributed by atoms with E-state index < -0.39 is 0 Å². The molecule has 2 saturated heterocycles. The van der Waals surface area contributed by atoms with E-state index in [1.54, 1.807) is 0 Å². The summed E-state index contributed by atoms with van der Waals surface area (Å²) in [5.74, 6) is 0.983. The molecule has 2 aliphatic heterocycles. The number of hydrogen-bond donors (Lipinski definition) is 1. The highest BCUT2D eigenvalue weighted by atomic mass is 16.5. The second-order valence-electron chi connectivity index (χ2n) is 6.22. The summed E-state index contributed by atoms with van der Waals surface area (Å²) < 4.78 is 5.74. The Balaban J connectivity index is 1.63. The number of benzene rings is 1. The number of hydrogen-bond acceptors (Lipinski definition) is 4. The van der Waals surface area contributed by atoms with Gasteiger partial charge in [0.15, 0.2) is 0 Å². The van der Waals surface area contributed by atoms with E-state index >= 15 is 0 Å². The van der Waals surface area contributed by atoms with E-state index in [0.717, 1.165) is 24.0 Å². The third kappa shape index (κ3) is 3.50. The molecule has 0 saturated carbocycles. The molecule has 0 aliphatic carbocycles. The zero-order valence-corrected chi connectivity index (χ0v) is 13.1. The molecule has 1 aromatic rings. The molecule has 2 fully saturated rings. The Morgan fingerprint density at radius 3 is 2.81 bits per heavy atom. The average Bonchev–Trinajstić information content (AvgIpc) is 3.12. The zero-order chi connectivity index (χ0) is 14.7. The van der Waals surface area contributed by atoms with Gasteiger partial charge in [0, 0.05) is 36.9 Å². The first-order valence-corrected chi connectivity index (χ1v) is 8.24. The average molecular weight is 289 g/mol. The van der Waals surface area contributed by atoms with Crippen molar-refractivity contribution in [1.82, 2.24) is 9.80 Å². The quantitative estimate of drug-likeness (QED) is 0.845. The van der Waals surface area contributed by atoms with Crippen molar-refractivity contribution in [2.75, 3.05) is 38.5 Å². The van der Waals surface area contributed by atoms with Gasteiger partial charge in [-0.25, -0.2) is 0 Å². The molecule has 4 heteroatoms. The molecule has 1 aromatic carbocycles. The predicted octanol–water partition coefficient (Wildman–Crippen LogP) is 2.34. The first kappa shape index (κ1) is 14.7. The van der Waals surface area contributed by atoms with E-state index in [9.17, 15) is 0 Å². The van der Waals surface area contributed by atoms with Gasteiger partial charge >= 0.3 is 0 Å². The van der Waals surface area contributed by atoms with Crippen molar-refractivity contribution in [3.8, 4) is 5.75 Å². The summed E-state index contributed by atoms with van der Waals surface area (Å²) in [4.78, 5) is 5.21. The third-order valence-electron chi connectivity index (χ3n) is 4.68. The van der Waals surface area contributed by atoms with Crippen molar-refractivity contribution < 1.29 is 4.74 Å². The van der Waals surface area contributed by atoms with Gasteiger partial charge in [-0.15, -0.1) is 0 Å². The molecule has 2 N–H and O–H groups in total. The summed E-state index contributed by atoms with van der Waals surface area (Å²) >= 11 is 0. The number of likely N-dealkylation sites (tertiary alicyclic amines) is 2. The van der Waals surface area contributed by atoms with Gasteiger partial charge in [-0.3, -0.25) is 9.80 Å². The Labute approximate surface area is 127 Å². The smallest absolute Gasteiger partial charge is 0.123 e. The Hall–Kier alpha value is -1.26. The highest BCUT2D eigenvalue weighted by molar-refractivity contribution is 5.47. The lowest BCUT2D eigenvalue weighted by molar-refractivity contribution is 0.228. The van der Waals surface area contributed by atoms with Crippen molar-refractivity contribution in [2.24, 2.45) is 0 Å². The second-order valence-corrected chi connectivity index (χ2v) is 6.22. The van der Waals surface area contributed by atoms with Crippen LogP contribution < -0.4 is 10.5 Å². The number of rotatable bonds is 5. The largest absolute Gasteiger partial charge is 0.494 e. The predicted molar refractivity (Wildman–Crippen MR) is 86.5 cm³/mol. The van der Waals surface area contributed by atoms with E-state index in [0.29, 0.717) is 6.61 Å². The summed E-state index contributed by atoms with van der Waals surface area (Å²) in [5.41, 5.74) is 7.99. The normalized spacial score (nSPS) is 23.8. The molecule has 4 nitrogen and oxygen atoms in total. The maximum atomic E-state index is 5.94. The van der Waals surface area contributed by atoms with Crippen LogP contribution in [0.2, 0.25) is 0 Å². The van der Waals surface area contributed by atoms with Crippen LogP contribution >= 0.6 is 0 Å². The number of nitrogens with two attached hydrogens (primary N) is 1. The molecule has 21 heavy (non-hydrogen) atoms. The van der Waals surface area contributed by atoms with Crippen LogP contribution in [0.4, 0.5) is 5.69 Å². The van der Waals surface area contributed by atoms with Gasteiger partial charge in [0.25, 0.3) is 0 Å². The highest BCUT2D eigenvalue weighted by Crippen LogP contribution is 2.26. The topological polar surface area (TPSA) is 41.7 Å². The second kappa shape index (κ2) is 6.67. The van der Waals surface area contributed by atoms with Gasteiger partial charge in [-0.1, -0.05) is 0 Å². The Kier molecular flexibility index (Phi) is 4.66. The van der Waals surface area contributed by atoms with Crippen LogP contribution in [0.3, 0.4) is 0 Å². The van der Waals surface area contributed by atoms with Crippen LogP contribution in [0.15, 0.2) is 18.2 Å². The summed E-state index contributed by atoms with van der Waals surface area (Å²) in [6, 6.07) is 6.74. The van der Waals surface area contributed by atoms with Gasteiger partial charge in [0.1, 0.15) is 5.75 Å². The van der Waals surface area contributed by atoms with Crippen molar-refractivity contribution in [2.45, 2.75) is 38.8 Å². The molecule has 2 heterocycles. The van der Waals surface area contributed by atoms with Crippen molar-refractivity contribution in [1.29, 1.82) is 0 Å². The lowest BCUT2D eigenvalue weighted by Gasteiger charge is -2.24. The van der Waals surface area contributed by atoms with Crippen LogP contribution in [-0.4, -0.2) is 48.6 Å². The van der Waals surface area contributed by atoms with Gasteiger partial charge < -0.3 is 10.5 Å². The lowest BCUT2D eigenvalue weighted by atomic mass is 10.1. The van der Waals surface area contributed by atoms with E-state index in [-0.39, 0.29) is 0 Å². The minimum absolute atomic E-state index is 0.702. The zero-order valence-electron chi connectivity index (χ0n) is 13.1. The molecular weight excluding hydrogens is 262 g/mol. The SMILES string of the molecule is CCOc1ccc(N)cc1CN1CCC(N2CCCC2)C1. The fourth-order valence-electron chi connectivity index (χ4n) is 3.62. The van der Waals surface area contributed by atoms with Crippen LogP contribution in [0.25, 0.3) is 0 Å². The van der Waals surface area contributed by atoms with E-state index in [1.807, 2.05) is 19.1 Å². The summed E-state index contributed by atoms with van der Waals surface area (Å²) in [6.45, 7) is 8.63. The standard InChI is InChI=1S/C17H27N3O/c1-2-21-17-6-5-15(18)11-14(17)12-19-10-7-16(13-19)20-8-3-4-9-20/h5-6,11,16H,2-4,7-10,12-13,18H2,1H3. The first-order valence-electron chi connectivity index (χ1n) is 8.24. The molecule has 2 aliphatic rings. The molecular formula is C17H27N3O. The maximum absolute atomic E-state index is 5.94. The number of nitrogen functional groups attached to an aromatic ring is 1. The van der Waals surface area contributed by atoms with Gasteiger partial charge in [0.2, 0.25) is 0 Å². The molecule has 1 atom stereocenters. The van der Waals surface area contributed by atoms with Crippen molar-refractivity contribution in [3.05, 3.63) is 23.8 Å². The van der Waals surface area contributed by atoms with Gasteiger partial charge in [-0.05, 0) is 57.5 Å². The molecule has 1 unspecified atom stereocenters. The summed E-state index contributed by atoms with van der Waals surface area (Å²) in [5, 5.41) is 0. The molecule has 0 aromatic heterocycles. The maximum Gasteiger partial charge on any atom is 0.123 e. The number of nitrogens with zero attached hydrogens (tertiary/aromatic N) is 2. The Morgan fingerprint density at radius 2 is 2.05 bits per heavy atom. The van der Waals surface area contributed by atoms with Crippen molar-refractivity contribution in [3.63, 3.8) is 0 Å².